The van der Waals surface area contributed by atoms with Crippen molar-refractivity contribution >= 4 is 34.3 Å². The van der Waals surface area contributed by atoms with Gasteiger partial charge in [0.25, 0.3) is 5.91 Å². The van der Waals surface area contributed by atoms with Crippen LogP contribution in [-0.2, 0) is 16.0 Å². The molecule has 0 fully saturated rings. The molecule has 30 heavy (non-hydrogen) atoms. The molecule has 0 unspecified atom stereocenters. The van der Waals surface area contributed by atoms with Crippen molar-refractivity contribution < 1.29 is 18.8 Å². The summed E-state index contributed by atoms with van der Waals surface area (Å²) >= 11 is 0. The molecule has 1 aliphatic heterocycles. The molecular formula is C22H21FN4O3. The van der Waals surface area contributed by atoms with Gasteiger partial charge in [0.15, 0.2) is 0 Å². The highest BCUT2D eigenvalue weighted by Gasteiger charge is 2.32. The summed E-state index contributed by atoms with van der Waals surface area (Å²) in [5, 5.41) is 6.21. The van der Waals surface area contributed by atoms with Crippen molar-refractivity contribution in [2.75, 3.05) is 18.0 Å². The predicted octanol–water partition coefficient (Wildman–Crippen LogP) is 2.13. The molecule has 0 bridgehead atoms. The van der Waals surface area contributed by atoms with E-state index >= 15 is 0 Å². The van der Waals surface area contributed by atoms with Gasteiger partial charge in [0, 0.05) is 23.6 Å². The monoisotopic (exact) mass is 408 g/mol. The minimum Gasteiger partial charge on any atom is -0.361 e. The summed E-state index contributed by atoms with van der Waals surface area (Å²) in [6.07, 6.45) is 2.31. The van der Waals surface area contributed by atoms with Crippen LogP contribution in [0.1, 0.15) is 22.8 Å². The van der Waals surface area contributed by atoms with Gasteiger partial charge < -0.3 is 20.5 Å². The minimum absolute atomic E-state index is 0.197. The van der Waals surface area contributed by atoms with Crippen LogP contribution >= 0.6 is 0 Å². The molecule has 7 nitrogen and oxygen atoms in total. The number of rotatable bonds is 5. The summed E-state index contributed by atoms with van der Waals surface area (Å²) in [5.74, 6) is -1.36. The van der Waals surface area contributed by atoms with Crippen molar-refractivity contribution in [1.29, 1.82) is 0 Å². The third-order valence-electron chi connectivity index (χ3n) is 5.17. The van der Waals surface area contributed by atoms with Gasteiger partial charge in [0.1, 0.15) is 18.4 Å². The molecule has 1 aliphatic rings. The topological polar surface area (TPSA) is 94.3 Å². The van der Waals surface area contributed by atoms with E-state index in [2.05, 4.69) is 15.6 Å². The Kier molecular flexibility index (Phi) is 5.22. The lowest BCUT2D eigenvalue weighted by Gasteiger charge is -2.23. The summed E-state index contributed by atoms with van der Waals surface area (Å²) in [6, 6.07) is 10.5. The standard InChI is InChI=1S/C22H21FN4O3/c1-13-22(30)27(19-5-3-2-4-16(19)21(29)26-13)12-20(28)24-9-8-14-11-25-18-7-6-15(23)10-17(14)18/h2-7,10-11,13,25H,8-9,12H2,1H3,(H,24,28)(H,26,29)/t13-/m1/s1. The third kappa shape index (κ3) is 3.76. The van der Waals surface area contributed by atoms with Gasteiger partial charge in [-0.05, 0) is 49.2 Å². The predicted molar refractivity (Wildman–Crippen MR) is 111 cm³/mol. The molecule has 0 spiro atoms. The quantitative estimate of drug-likeness (QED) is 0.604. The van der Waals surface area contributed by atoms with Crippen molar-refractivity contribution in [3.05, 3.63) is 65.6 Å². The first-order valence-corrected chi connectivity index (χ1v) is 9.67. The van der Waals surface area contributed by atoms with E-state index in [0.29, 0.717) is 24.2 Å². The molecule has 3 aromatic rings. The Morgan fingerprint density at radius 3 is 2.83 bits per heavy atom. The van der Waals surface area contributed by atoms with Crippen LogP contribution in [0.5, 0.6) is 0 Å². The van der Waals surface area contributed by atoms with E-state index in [-0.39, 0.29) is 30.1 Å². The summed E-state index contributed by atoms with van der Waals surface area (Å²) in [4.78, 5) is 42.0. The smallest absolute Gasteiger partial charge is 0.254 e. The number of amides is 3. The van der Waals surface area contributed by atoms with Crippen LogP contribution in [0.4, 0.5) is 10.1 Å². The number of carbonyl (C=O) groups excluding carboxylic acids is 3. The lowest BCUT2D eigenvalue weighted by Crippen LogP contribution is -2.47. The van der Waals surface area contributed by atoms with E-state index < -0.39 is 6.04 Å². The second-order valence-corrected chi connectivity index (χ2v) is 7.24. The number of nitrogens with zero attached hydrogens (tertiary/aromatic N) is 1. The summed E-state index contributed by atoms with van der Waals surface area (Å²) < 4.78 is 13.5. The van der Waals surface area contributed by atoms with Crippen LogP contribution in [0.15, 0.2) is 48.7 Å². The molecular weight excluding hydrogens is 387 g/mol. The second-order valence-electron chi connectivity index (χ2n) is 7.24. The van der Waals surface area contributed by atoms with E-state index in [0.717, 1.165) is 16.5 Å². The molecule has 154 valence electrons. The molecule has 4 rings (SSSR count). The van der Waals surface area contributed by atoms with Gasteiger partial charge in [0.2, 0.25) is 11.8 Å². The Morgan fingerprint density at radius 2 is 2.00 bits per heavy atom. The third-order valence-corrected chi connectivity index (χ3v) is 5.17. The number of nitrogens with one attached hydrogen (secondary N) is 3. The van der Waals surface area contributed by atoms with E-state index in [4.69, 9.17) is 0 Å². The summed E-state index contributed by atoms with van der Waals surface area (Å²) in [6.45, 7) is 1.73. The lowest BCUT2D eigenvalue weighted by atomic mass is 10.1. The number of benzene rings is 2. The van der Waals surface area contributed by atoms with Gasteiger partial charge >= 0.3 is 0 Å². The highest BCUT2D eigenvalue weighted by Crippen LogP contribution is 2.24. The number of aromatic amines is 1. The molecule has 0 saturated heterocycles. The van der Waals surface area contributed by atoms with Crippen molar-refractivity contribution in [1.82, 2.24) is 15.6 Å². The largest absolute Gasteiger partial charge is 0.361 e. The number of carbonyl (C=O) groups is 3. The maximum atomic E-state index is 13.5. The van der Waals surface area contributed by atoms with Crippen molar-refractivity contribution in [2.24, 2.45) is 0 Å². The summed E-state index contributed by atoms with van der Waals surface area (Å²) in [7, 11) is 0. The second kappa shape index (κ2) is 7.98. The fraction of sp³-hybridized carbons (Fsp3) is 0.227. The van der Waals surface area contributed by atoms with Gasteiger partial charge in [-0.1, -0.05) is 12.1 Å². The average Bonchev–Trinajstić information content (AvgIpc) is 3.10. The molecule has 3 amide bonds. The molecule has 8 heteroatoms. The average molecular weight is 408 g/mol. The van der Waals surface area contributed by atoms with Crippen LogP contribution in [0, 0.1) is 5.82 Å². The van der Waals surface area contributed by atoms with Crippen molar-refractivity contribution in [2.45, 2.75) is 19.4 Å². The number of hydrogen-bond acceptors (Lipinski definition) is 3. The van der Waals surface area contributed by atoms with Gasteiger partial charge in [-0.25, -0.2) is 4.39 Å². The highest BCUT2D eigenvalue weighted by atomic mass is 19.1. The maximum absolute atomic E-state index is 13.5. The Bertz CT molecular complexity index is 1140. The van der Waals surface area contributed by atoms with Crippen LogP contribution < -0.4 is 15.5 Å². The molecule has 1 aromatic heterocycles. The zero-order valence-corrected chi connectivity index (χ0v) is 16.4. The number of fused-ring (bicyclic) bond motifs is 2. The van der Waals surface area contributed by atoms with Gasteiger partial charge in [-0.3, -0.25) is 14.4 Å². The van der Waals surface area contributed by atoms with Crippen molar-refractivity contribution in [3.8, 4) is 0 Å². The lowest BCUT2D eigenvalue weighted by molar-refractivity contribution is -0.124. The zero-order valence-electron chi connectivity index (χ0n) is 16.4. The highest BCUT2D eigenvalue weighted by molar-refractivity contribution is 6.12. The number of hydrogen-bond donors (Lipinski definition) is 3. The first kappa shape index (κ1) is 19.6. The van der Waals surface area contributed by atoms with Crippen LogP contribution in [0.25, 0.3) is 10.9 Å². The number of para-hydroxylation sites is 1. The molecule has 3 N–H and O–H groups in total. The van der Waals surface area contributed by atoms with Gasteiger partial charge in [-0.15, -0.1) is 0 Å². The van der Waals surface area contributed by atoms with Crippen LogP contribution in [0.3, 0.4) is 0 Å². The van der Waals surface area contributed by atoms with Crippen molar-refractivity contribution in [3.63, 3.8) is 0 Å². The van der Waals surface area contributed by atoms with Crippen LogP contribution in [0.2, 0.25) is 0 Å². The fourth-order valence-electron chi connectivity index (χ4n) is 3.65. The molecule has 0 aliphatic carbocycles. The molecule has 1 atom stereocenters. The zero-order chi connectivity index (χ0) is 21.3. The number of aromatic nitrogens is 1. The van der Waals surface area contributed by atoms with E-state index in [1.165, 1.54) is 17.0 Å². The van der Waals surface area contributed by atoms with Crippen LogP contribution in [-0.4, -0.2) is 41.8 Å². The maximum Gasteiger partial charge on any atom is 0.254 e. The Morgan fingerprint density at radius 1 is 1.20 bits per heavy atom. The Balaban J connectivity index is 1.44. The SMILES string of the molecule is C[C@H]1NC(=O)c2ccccc2N(CC(=O)NCCc2c[nH]c3ccc(F)cc23)C1=O. The molecule has 0 radical (unpaired) electrons. The summed E-state index contributed by atoms with van der Waals surface area (Å²) in [5.41, 5.74) is 2.48. The first-order valence-electron chi connectivity index (χ1n) is 9.67. The molecule has 2 heterocycles. The minimum atomic E-state index is -0.737. The normalized spacial score (nSPS) is 16.2. The Labute approximate surface area is 172 Å². The fourth-order valence-corrected chi connectivity index (χ4v) is 3.65. The van der Waals surface area contributed by atoms with Gasteiger partial charge in [-0.2, -0.15) is 0 Å². The number of anilines is 1. The molecule has 2 aromatic carbocycles. The number of halogens is 1. The molecule has 0 saturated carbocycles. The first-order chi connectivity index (χ1) is 14.4. The Hall–Kier alpha value is -3.68. The van der Waals surface area contributed by atoms with Gasteiger partial charge in [0.05, 0.1) is 11.3 Å². The van der Waals surface area contributed by atoms with E-state index in [1.807, 2.05) is 0 Å². The van der Waals surface area contributed by atoms with E-state index in [1.54, 1.807) is 43.5 Å². The number of H-pyrrole nitrogens is 1. The van der Waals surface area contributed by atoms with E-state index in [9.17, 15) is 18.8 Å².